The van der Waals surface area contributed by atoms with E-state index in [-0.39, 0.29) is 11.6 Å². The van der Waals surface area contributed by atoms with Crippen molar-refractivity contribution < 1.29 is 4.42 Å². The Morgan fingerprint density at radius 2 is 2.36 bits per heavy atom. The highest BCUT2D eigenvalue weighted by Crippen LogP contribution is 2.24. The summed E-state index contributed by atoms with van der Waals surface area (Å²) in [5.41, 5.74) is 8.44. The maximum atomic E-state index is 12.3. The van der Waals surface area contributed by atoms with Gasteiger partial charge in [0.25, 0.3) is 5.56 Å². The number of rotatable bonds is 2. The van der Waals surface area contributed by atoms with E-state index in [0.29, 0.717) is 29.1 Å². The van der Waals surface area contributed by atoms with E-state index in [1.165, 1.54) is 0 Å². The zero-order chi connectivity index (χ0) is 15.3. The molecule has 22 heavy (non-hydrogen) atoms. The minimum atomic E-state index is -0.225. The lowest BCUT2D eigenvalue weighted by atomic mass is 9.95. The van der Waals surface area contributed by atoms with Gasteiger partial charge in [-0.15, -0.1) is 0 Å². The molecule has 1 aliphatic rings. The van der Waals surface area contributed by atoms with Gasteiger partial charge < -0.3 is 15.1 Å². The van der Waals surface area contributed by atoms with E-state index in [4.69, 9.17) is 10.2 Å². The summed E-state index contributed by atoms with van der Waals surface area (Å²) < 4.78 is 5.64. The lowest BCUT2D eigenvalue weighted by Gasteiger charge is -2.13. The zero-order valence-electron chi connectivity index (χ0n) is 12.4. The van der Waals surface area contributed by atoms with Crippen LogP contribution < -0.4 is 16.8 Å². The highest BCUT2D eigenvalue weighted by molar-refractivity contribution is 6.33. The second-order valence-electron chi connectivity index (χ2n) is 6.08. The van der Waals surface area contributed by atoms with Crippen molar-refractivity contribution in [3.05, 3.63) is 34.4 Å². The predicted molar refractivity (Wildman–Crippen MR) is 88.2 cm³/mol. The number of nitrogens with one attached hydrogen (secondary N) is 1. The van der Waals surface area contributed by atoms with E-state index in [1.54, 1.807) is 0 Å². The monoisotopic (exact) mass is 296 g/mol. The summed E-state index contributed by atoms with van der Waals surface area (Å²) in [6, 6.07) is 6.06. The number of hydrogen-bond donors (Lipinski definition) is 2. The fourth-order valence-corrected chi connectivity index (χ4v) is 3.11. The molecular formula is C15H17BN4O2. The first kappa shape index (κ1) is 13.5. The molecule has 1 aliphatic heterocycles. The van der Waals surface area contributed by atoms with E-state index >= 15 is 0 Å². The van der Waals surface area contributed by atoms with Gasteiger partial charge in [-0.3, -0.25) is 9.69 Å². The lowest BCUT2D eigenvalue weighted by Crippen LogP contribution is -2.27. The Hall–Kier alpha value is -2.12. The number of aromatic amines is 1. The third-order valence-electron chi connectivity index (χ3n) is 4.21. The van der Waals surface area contributed by atoms with E-state index in [1.807, 2.05) is 26.0 Å². The van der Waals surface area contributed by atoms with Gasteiger partial charge in [-0.05, 0) is 12.5 Å². The van der Waals surface area contributed by atoms with Gasteiger partial charge in [0.1, 0.15) is 24.8 Å². The number of nitrogens with two attached hydrogens (primary N) is 1. The SMILES string of the molecule is Bc1ccc2oc3c(=O)[nH]c(CN4CCC(N)C4)nc3c2c1. The van der Waals surface area contributed by atoms with Crippen molar-refractivity contribution in [1.29, 1.82) is 0 Å². The Kier molecular flexibility index (Phi) is 3.06. The Bertz CT molecular complexity index is 917. The summed E-state index contributed by atoms with van der Waals surface area (Å²) in [6.45, 7) is 2.39. The van der Waals surface area contributed by atoms with Crippen molar-refractivity contribution in [2.24, 2.45) is 5.73 Å². The largest absolute Gasteiger partial charge is 0.449 e. The molecule has 7 heteroatoms. The average molecular weight is 296 g/mol. The number of fused-ring (bicyclic) bond motifs is 3. The zero-order valence-corrected chi connectivity index (χ0v) is 12.4. The number of hydrogen-bond acceptors (Lipinski definition) is 5. The molecule has 0 saturated carbocycles. The number of furan rings is 1. The highest BCUT2D eigenvalue weighted by atomic mass is 16.3. The maximum Gasteiger partial charge on any atom is 0.294 e. The van der Waals surface area contributed by atoms with Crippen LogP contribution in [0.15, 0.2) is 27.4 Å². The molecule has 0 spiro atoms. The molecule has 0 amide bonds. The van der Waals surface area contributed by atoms with Crippen molar-refractivity contribution in [1.82, 2.24) is 14.9 Å². The Balaban J connectivity index is 1.82. The van der Waals surface area contributed by atoms with Gasteiger partial charge in [0.2, 0.25) is 5.58 Å². The molecule has 1 aromatic carbocycles. The number of likely N-dealkylation sites (tertiary alicyclic amines) is 1. The molecule has 0 radical (unpaired) electrons. The van der Waals surface area contributed by atoms with Crippen LogP contribution in [0.1, 0.15) is 12.2 Å². The van der Waals surface area contributed by atoms with Gasteiger partial charge in [-0.2, -0.15) is 0 Å². The predicted octanol–water partition coefficient (Wildman–Crippen LogP) is -0.539. The van der Waals surface area contributed by atoms with Crippen LogP contribution >= 0.6 is 0 Å². The van der Waals surface area contributed by atoms with Crippen LogP contribution in [0.3, 0.4) is 0 Å². The summed E-state index contributed by atoms with van der Waals surface area (Å²) in [7, 11) is 2.01. The van der Waals surface area contributed by atoms with Crippen LogP contribution in [0, 0.1) is 0 Å². The van der Waals surface area contributed by atoms with Crippen molar-refractivity contribution in [2.45, 2.75) is 19.0 Å². The third kappa shape index (κ3) is 2.22. The summed E-state index contributed by atoms with van der Waals surface area (Å²) >= 11 is 0. The first-order chi connectivity index (χ1) is 10.6. The number of benzene rings is 1. The van der Waals surface area contributed by atoms with Gasteiger partial charge in [0, 0.05) is 24.5 Å². The third-order valence-corrected chi connectivity index (χ3v) is 4.21. The molecule has 1 unspecified atom stereocenters. The molecule has 3 N–H and O–H groups in total. The molecule has 4 rings (SSSR count). The summed E-state index contributed by atoms with van der Waals surface area (Å²) in [4.78, 5) is 21.9. The second-order valence-corrected chi connectivity index (χ2v) is 6.08. The number of H-pyrrole nitrogens is 1. The molecule has 3 aromatic rings. The molecule has 1 atom stereocenters. The van der Waals surface area contributed by atoms with Crippen molar-refractivity contribution in [2.75, 3.05) is 13.1 Å². The van der Waals surface area contributed by atoms with Gasteiger partial charge in [-0.1, -0.05) is 17.6 Å². The molecule has 0 aliphatic carbocycles. The van der Waals surface area contributed by atoms with Crippen LogP contribution in [0.4, 0.5) is 0 Å². The molecule has 0 bridgehead atoms. The first-order valence-electron chi connectivity index (χ1n) is 7.50. The molecule has 1 fully saturated rings. The number of aromatic nitrogens is 2. The molecule has 3 heterocycles. The first-order valence-corrected chi connectivity index (χ1v) is 7.50. The summed E-state index contributed by atoms with van der Waals surface area (Å²) in [5.74, 6) is 0.663. The fourth-order valence-electron chi connectivity index (χ4n) is 3.11. The smallest absolute Gasteiger partial charge is 0.294 e. The van der Waals surface area contributed by atoms with Crippen LogP contribution in [-0.4, -0.2) is 41.8 Å². The summed E-state index contributed by atoms with van der Waals surface area (Å²) in [5, 5.41) is 0.889. The van der Waals surface area contributed by atoms with E-state index in [9.17, 15) is 4.79 Å². The van der Waals surface area contributed by atoms with Gasteiger partial charge in [0.15, 0.2) is 0 Å². The second kappa shape index (κ2) is 4.96. The molecular weight excluding hydrogens is 279 g/mol. The minimum absolute atomic E-state index is 0.216. The normalized spacial score (nSPS) is 19.4. The minimum Gasteiger partial charge on any atom is -0.449 e. The average Bonchev–Trinajstić information content (AvgIpc) is 3.03. The van der Waals surface area contributed by atoms with E-state index in [0.717, 1.165) is 30.4 Å². The standard InChI is InChI=1S/C15H17BN4O2/c16-8-1-2-11-10(5-8)13-14(22-11)15(21)19-12(18-13)7-20-4-3-9(17)6-20/h1-2,5,9H,3-4,6-7,16-17H2,(H,18,19,21). The molecule has 2 aromatic heterocycles. The quantitative estimate of drug-likeness (QED) is 0.620. The van der Waals surface area contributed by atoms with Crippen molar-refractivity contribution in [3.8, 4) is 0 Å². The lowest BCUT2D eigenvalue weighted by molar-refractivity contribution is 0.318. The van der Waals surface area contributed by atoms with Gasteiger partial charge >= 0.3 is 0 Å². The van der Waals surface area contributed by atoms with Crippen molar-refractivity contribution in [3.63, 3.8) is 0 Å². The maximum absolute atomic E-state index is 12.3. The van der Waals surface area contributed by atoms with Crippen molar-refractivity contribution >= 4 is 35.4 Å². The topological polar surface area (TPSA) is 88.2 Å². The summed E-state index contributed by atoms with van der Waals surface area (Å²) in [6.07, 6.45) is 0.986. The number of nitrogens with zero attached hydrogens (tertiary/aromatic N) is 2. The van der Waals surface area contributed by atoms with Gasteiger partial charge in [-0.25, -0.2) is 4.98 Å². The Morgan fingerprint density at radius 3 is 3.14 bits per heavy atom. The van der Waals surface area contributed by atoms with Crippen LogP contribution in [0.25, 0.3) is 22.1 Å². The molecule has 1 saturated heterocycles. The van der Waals surface area contributed by atoms with E-state index < -0.39 is 0 Å². The molecule has 6 nitrogen and oxygen atoms in total. The highest BCUT2D eigenvalue weighted by Gasteiger charge is 2.21. The van der Waals surface area contributed by atoms with Crippen LogP contribution in [0.2, 0.25) is 0 Å². The Labute approximate surface area is 127 Å². The van der Waals surface area contributed by atoms with E-state index in [2.05, 4.69) is 14.9 Å². The van der Waals surface area contributed by atoms with Gasteiger partial charge in [0.05, 0.1) is 6.54 Å². The van der Waals surface area contributed by atoms with Crippen LogP contribution in [0.5, 0.6) is 0 Å². The Morgan fingerprint density at radius 1 is 1.50 bits per heavy atom. The van der Waals surface area contributed by atoms with Crippen LogP contribution in [-0.2, 0) is 6.54 Å². The fraction of sp³-hybridized carbons (Fsp3) is 0.333. The molecule has 112 valence electrons.